The smallest absolute Gasteiger partial charge is 0.122 e. The zero-order chi connectivity index (χ0) is 13.1. The summed E-state index contributed by atoms with van der Waals surface area (Å²) >= 11 is 5.27. The quantitative estimate of drug-likeness (QED) is 0.846. The second-order valence-electron chi connectivity index (χ2n) is 4.77. The molecule has 1 aliphatic carbocycles. The summed E-state index contributed by atoms with van der Waals surface area (Å²) in [6.45, 7) is 1.64. The lowest BCUT2D eigenvalue weighted by Crippen LogP contribution is -2.14. The summed E-state index contributed by atoms with van der Waals surface area (Å²) in [5.74, 6) is 0.903. The van der Waals surface area contributed by atoms with Crippen LogP contribution in [0, 0.1) is 0 Å². The van der Waals surface area contributed by atoms with E-state index in [0.29, 0.717) is 6.61 Å². The van der Waals surface area contributed by atoms with Gasteiger partial charge in [-0.1, -0.05) is 22.0 Å². The molecule has 1 aromatic carbocycles. The second-order valence-corrected chi connectivity index (χ2v) is 6.94. The van der Waals surface area contributed by atoms with Gasteiger partial charge in [-0.05, 0) is 43.2 Å². The topological polar surface area (TPSA) is 21.3 Å². The molecule has 2 aromatic rings. The van der Waals surface area contributed by atoms with Gasteiger partial charge in [-0.25, -0.2) is 0 Å². The van der Waals surface area contributed by atoms with E-state index in [0.717, 1.165) is 22.8 Å². The molecule has 0 atom stereocenters. The summed E-state index contributed by atoms with van der Waals surface area (Å²) in [5.41, 5.74) is 0. The number of benzene rings is 1. The van der Waals surface area contributed by atoms with E-state index in [1.165, 1.54) is 22.6 Å². The highest BCUT2D eigenvalue weighted by Crippen LogP contribution is 2.23. The van der Waals surface area contributed by atoms with Crippen molar-refractivity contribution < 1.29 is 4.74 Å². The molecule has 0 radical (unpaired) electrons. The fourth-order valence-corrected chi connectivity index (χ4v) is 3.10. The molecule has 0 spiro atoms. The van der Waals surface area contributed by atoms with Gasteiger partial charge < -0.3 is 10.1 Å². The maximum absolute atomic E-state index is 5.78. The molecule has 4 heteroatoms. The first-order valence-corrected chi connectivity index (χ1v) is 8.10. The molecule has 0 aliphatic heterocycles. The van der Waals surface area contributed by atoms with Crippen LogP contribution in [0.3, 0.4) is 0 Å². The van der Waals surface area contributed by atoms with E-state index < -0.39 is 0 Å². The molecule has 1 aliphatic rings. The van der Waals surface area contributed by atoms with Crippen LogP contribution in [0.2, 0.25) is 0 Å². The second kappa shape index (κ2) is 6.07. The summed E-state index contributed by atoms with van der Waals surface area (Å²) in [5, 5.41) is 3.53. The Labute approximate surface area is 125 Å². The molecule has 100 valence electrons. The number of halogens is 1. The monoisotopic (exact) mass is 337 g/mol. The van der Waals surface area contributed by atoms with Crippen LogP contribution in [0.1, 0.15) is 22.6 Å². The van der Waals surface area contributed by atoms with Crippen molar-refractivity contribution >= 4 is 27.3 Å². The molecule has 1 aromatic heterocycles. The molecule has 3 rings (SSSR count). The molecule has 19 heavy (non-hydrogen) atoms. The van der Waals surface area contributed by atoms with Crippen LogP contribution < -0.4 is 10.1 Å². The van der Waals surface area contributed by atoms with Crippen molar-refractivity contribution in [3.05, 3.63) is 50.6 Å². The highest BCUT2D eigenvalue weighted by atomic mass is 79.9. The molecule has 1 N–H and O–H groups in total. The van der Waals surface area contributed by atoms with Gasteiger partial charge in [-0.15, -0.1) is 11.3 Å². The van der Waals surface area contributed by atoms with Crippen LogP contribution >= 0.6 is 27.3 Å². The summed E-state index contributed by atoms with van der Waals surface area (Å²) in [7, 11) is 0. The van der Waals surface area contributed by atoms with Gasteiger partial charge in [-0.2, -0.15) is 0 Å². The Kier molecular flexibility index (Phi) is 4.21. The van der Waals surface area contributed by atoms with Crippen molar-refractivity contribution in [2.45, 2.75) is 32.0 Å². The first-order chi connectivity index (χ1) is 9.29. The van der Waals surface area contributed by atoms with Gasteiger partial charge in [0, 0.05) is 26.8 Å². The Morgan fingerprint density at radius 3 is 2.84 bits per heavy atom. The minimum Gasteiger partial charge on any atom is -0.488 e. The molecular weight excluding hydrogens is 322 g/mol. The van der Waals surface area contributed by atoms with E-state index in [1.54, 1.807) is 0 Å². The van der Waals surface area contributed by atoms with Crippen molar-refractivity contribution in [2.24, 2.45) is 0 Å². The van der Waals surface area contributed by atoms with Gasteiger partial charge in [0.1, 0.15) is 12.4 Å². The lowest BCUT2D eigenvalue weighted by molar-refractivity contribution is 0.309. The number of ether oxygens (including phenoxy) is 1. The molecule has 0 unspecified atom stereocenters. The lowest BCUT2D eigenvalue weighted by Gasteiger charge is -2.04. The van der Waals surface area contributed by atoms with Crippen molar-refractivity contribution in [3.63, 3.8) is 0 Å². The number of thiophene rings is 1. The van der Waals surface area contributed by atoms with Crippen LogP contribution in [0.4, 0.5) is 0 Å². The van der Waals surface area contributed by atoms with Crippen molar-refractivity contribution in [3.8, 4) is 5.75 Å². The fourth-order valence-electron chi connectivity index (χ4n) is 1.84. The Morgan fingerprint density at radius 2 is 2.05 bits per heavy atom. The van der Waals surface area contributed by atoms with Crippen molar-refractivity contribution in [2.75, 3.05) is 0 Å². The highest BCUT2D eigenvalue weighted by Gasteiger charge is 2.20. The first kappa shape index (κ1) is 13.2. The predicted octanol–water partition coefficient (Wildman–Crippen LogP) is 4.34. The predicted molar refractivity (Wildman–Crippen MR) is 82.7 cm³/mol. The van der Waals surface area contributed by atoms with E-state index in [-0.39, 0.29) is 0 Å². The zero-order valence-electron chi connectivity index (χ0n) is 10.6. The molecule has 0 saturated heterocycles. The number of nitrogens with one attached hydrogen (secondary N) is 1. The maximum atomic E-state index is 5.78. The molecule has 1 saturated carbocycles. The Bertz CT molecular complexity index is 551. The summed E-state index contributed by atoms with van der Waals surface area (Å²) in [6, 6.07) is 13.1. The highest BCUT2D eigenvalue weighted by molar-refractivity contribution is 9.10. The Hall–Kier alpha value is -0.840. The van der Waals surface area contributed by atoms with Crippen molar-refractivity contribution in [1.82, 2.24) is 5.32 Å². The first-order valence-electron chi connectivity index (χ1n) is 6.49. The molecule has 0 amide bonds. The number of hydrogen-bond donors (Lipinski definition) is 1. The van der Waals surface area contributed by atoms with E-state index in [2.05, 4.69) is 33.4 Å². The number of rotatable bonds is 6. The third kappa shape index (κ3) is 4.06. The fraction of sp³-hybridized carbons (Fsp3) is 0.333. The summed E-state index contributed by atoms with van der Waals surface area (Å²) < 4.78 is 6.83. The molecule has 0 bridgehead atoms. The van der Waals surface area contributed by atoms with Crippen LogP contribution in [0.25, 0.3) is 0 Å². The maximum Gasteiger partial charge on any atom is 0.122 e. The van der Waals surface area contributed by atoms with Gasteiger partial charge in [0.25, 0.3) is 0 Å². The average Bonchev–Trinajstić information content (AvgIpc) is 3.13. The summed E-state index contributed by atoms with van der Waals surface area (Å²) in [6.07, 6.45) is 2.68. The van der Waals surface area contributed by atoms with Crippen LogP contribution in [0.15, 0.2) is 40.9 Å². The molecule has 1 fully saturated rings. The third-order valence-corrected chi connectivity index (χ3v) is 4.59. The van der Waals surface area contributed by atoms with Gasteiger partial charge in [0.2, 0.25) is 0 Å². The van der Waals surface area contributed by atoms with E-state index in [4.69, 9.17) is 4.74 Å². The van der Waals surface area contributed by atoms with Crippen LogP contribution in [-0.4, -0.2) is 6.04 Å². The van der Waals surface area contributed by atoms with Gasteiger partial charge >= 0.3 is 0 Å². The average molecular weight is 338 g/mol. The van der Waals surface area contributed by atoms with Crippen LogP contribution in [0.5, 0.6) is 5.75 Å². The molecular formula is C15H16BrNOS. The molecule has 1 heterocycles. The van der Waals surface area contributed by atoms with E-state index in [1.807, 2.05) is 35.6 Å². The van der Waals surface area contributed by atoms with Crippen LogP contribution in [-0.2, 0) is 13.2 Å². The number of hydrogen-bond acceptors (Lipinski definition) is 3. The van der Waals surface area contributed by atoms with Gasteiger partial charge in [-0.3, -0.25) is 0 Å². The van der Waals surface area contributed by atoms with Crippen molar-refractivity contribution in [1.29, 1.82) is 0 Å². The minimum absolute atomic E-state index is 0.643. The Balaban J connectivity index is 1.51. The van der Waals surface area contributed by atoms with Gasteiger partial charge in [0.05, 0.1) is 0 Å². The van der Waals surface area contributed by atoms with Gasteiger partial charge in [0.15, 0.2) is 0 Å². The zero-order valence-corrected chi connectivity index (χ0v) is 13.0. The van der Waals surface area contributed by atoms with E-state index >= 15 is 0 Å². The lowest BCUT2D eigenvalue weighted by atomic mass is 10.3. The SMILES string of the molecule is Brc1cccc(OCc2ccc(CNC3CC3)s2)c1. The standard InChI is InChI=1S/C15H16BrNOS/c16-11-2-1-3-13(8-11)18-10-15-7-6-14(19-15)9-17-12-4-5-12/h1-3,6-8,12,17H,4-5,9-10H2. The normalized spacial score (nSPS) is 14.6. The minimum atomic E-state index is 0.643. The third-order valence-electron chi connectivity index (χ3n) is 3.04. The Morgan fingerprint density at radius 1 is 1.21 bits per heavy atom. The largest absolute Gasteiger partial charge is 0.488 e. The summed E-state index contributed by atoms with van der Waals surface area (Å²) in [4.78, 5) is 2.66. The molecule has 2 nitrogen and oxygen atoms in total. The van der Waals surface area contributed by atoms with E-state index in [9.17, 15) is 0 Å².